The van der Waals surface area contributed by atoms with Gasteiger partial charge in [-0.3, -0.25) is 0 Å². The molecule has 1 aliphatic rings. The van der Waals surface area contributed by atoms with E-state index >= 15 is 0 Å². The molecule has 2 aromatic carbocycles. The zero-order valence-electron chi connectivity index (χ0n) is 16.0. The second-order valence-corrected chi connectivity index (χ2v) is 7.38. The molecule has 0 bridgehead atoms. The third-order valence-corrected chi connectivity index (χ3v) is 5.73. The number of para-hydroxylation sites is 1. The number of nitrogens with zero attached hydrogens (tertiary/aromatic N) is 1. The van der Waals surface area contributed by atoms with Crippen molar-refractivity contribution < 1.29 is 4.74 Å². The smallest absolute Gasteiger partial charge is 0.0896 e. The molecule has 0 aliphatic heterocycles. The number of rotatable bonds is 7. The molecule has 0 saturated carbocycles. The van der Waals surface area contributed by atoms with Crippen molar-refractivity contribution in [2.45, 2.75) is 37.8 Å². The summed E-state index contributed by atoms with van der Waals surface area (Å²) in [6.45, 7) is 4.76. The molecule has 1 unspecified atom stereocenters. The molecular weight excluding hydrogens is 330 g/mol. The monoisotopic (exact) mass is 357 g/mol. The van der Waals surface area contributed by atoms with Crippen LogP contribution in [0.25, 0.3) is 21.8 Å². The van der Waals surface area contributed by atoms with Crippen LogP contribution in [0.2, 0.25) is 0 Å². The van der Waals surface area contributed by atoms with Gasteiger partial charge in [-0.25, -0.2) is 0 Å². The van der Waals surface area contributed by atoms with E-state index in [1.54, 1.807) is 0 Å². The topological polar surface area (TPSA) is 14.2 Å². The number of allylic oxidation sites excluding steroid dienone is 3. The first-order valence-corrected chi connectivity index (χ1v) is 9.77. The first-order chi connectivity index (χ1) is 13.3. The standard InChI is InChI=1S/C25H27NO/c1-3-18-26-23-12-6-5-11-21(23)22-19-20(13-14-24(22)26)10-9-17-25(27-2)15-7-4-8-16-25/h3-8,11-15,19H,1,9-10,16-18H2,2H3. The van der Waals surface area contributed by atoms with Crippen molar-refractivity contribution in [2.24, 2.45) is 0 Å². The molecule has 0 saturated heterocycles. The maximum Gasteiger partial charge on any atom is 0.0896 e. The first kappa shape index (κ1) is 17.8. The number of aromatic nitrogens is 1. The van der Waals surface area contributed by atoms with Crippen LogP contribution in [-0.2, 0) is 17.7 Å². The summed E-state index contributed by atoms with van der Waals surface area (Å²) in [7, 11) is 1.82. The van der Waals surface area contributed by atoms with Gasteiger partial charge in [0.05, 0.1) is 5.60 Å². The summed E-state index contributed by atoms with van der Waals surface area (Å²) < 4.78 is 8.17. The number of aryl methyl sites for hydroxylation is 1. The Balaban J connectivity index is 1.58. The minimum Gasteiger partial charge on any atom is -0.374 e. The molecule has 4 rings (SSSR count). The summed E-state index contributed by atoms with van der Waals surface area (Å²) in [5, 5.41) is 2.66. The summed E-state index contributed by atoms with van der Waals surface area (Å²) in [6.07, 6.45) is 14.8. The fraction of sp³-hybridized carbons (Fsp3) is 0.280. The average Bonchev–Trinajstić information content (AvgIpc) is 3.03. The highest BCUT2D eigenvalue weighted by Crippen LogP contribution is 2.31. The Morgan fingerprint density at radius 2 is 1.96 bits per heavy atom. The second-order valence-electron chi connectivity index (χ2n) is 7.38. The molecule has 1 heterocycles. The lowest BCUT2D eigenvalue weighted by Gasteiger charge is -2.29. The van der Waals surface area contributed by atoms with Crippen LogP contribution in [-0.4, -0.2) is 17.3 Å². The van der Waals surface area contributed by atoms with E-state index in [0.717, 1.165) is 32.2 Å². The van der Waals surface area contributed by atoms with Gasteiger partial charge in [-0.1, -0.05) is 54.6 Å². The van der Waals surface area contributed by atoms with Crippen LogP contribution < -0.4 is 0 Å². The summed E-state index contributed by atoms with van der Waals surface area (Å²) in [6, 6.07) is 15.6. The van der Waals surface area contributed by atoms with E-state index in [1.165, 1.54) is 27.4 Å². The zero-order valence-corrected chi connectivity index (χ0v) is 16.0. The van der Waals surface area contributed by atoms with Crippen molar-refractivity contribution >= 4 is 21.8 Å². The second kappa shape index (κ2) is 7.58. The largest absolute Gasteiger partial charge is 0.374 e. The molecule has 0 fully saturated rings. The molecule has 0 radical (unpaired) electrons. The van der Waals surface area contributed by atoms with Crippen molar-refractivity contribution in [2.75, 3.05) is 7.11 Å². The number of fused-ring (bicyclic) bond motifs is 3. The van der Waals surface area contributed by atoms with E-state index in [2.05, 4.69) is 77.9 Å². The Morgan fingerprint density at radius 3 is 2.74 bits per heavy atom. The Bertz CT molecular complexity index is 1020. The number of benzene rings is 2. The van der Waals surface area contributed by atoms with Crippen LogP contribution in [0.1, 0.15) is 24.8 Å². The fourth-order valence-electron chi connectivity index (χ4n) is 4.26. The van der Waals surface area contributed by atoms with E-state index in [-0.39, 0.29) is 5.60 Å². The van der Waals surface area contributed by atoms with Crippen molar-refractivity contribution in [1.29, 1.82) is 0 Å². The van der Waals surface area contributed by atoms with Gasteiger partial charge in [-0.15, -0.1) is 6.58 Å². The molecule has 2 heteroatoms. The molecule has 27 heavy (non-hydrogen) atoms. The molecule has 1 atom stereocenters. The third-order valence-electron chi connectivity index (χ3n) is 5.73. The van der Waals surface area contributed by atoms with Crippen molar-refractivity contribution in [3.8, 4) is 0 Å². The average molecular weight is 357 g/mol. The van der Waals surface area contributed by atoms with Crippen molar-refractivity contribution in [1.82, 2.24) is 4.57 Å². The van der Waals surface area contributed by atoms with Gasteiger partial charge < -0.3 is 9.30 Å². The minimum atomic E-state index is -0.126. The van der Waals surface area contributed by atoms with E-state index in [0.29, 0.717) is 0 Å². The number of methoxy groups -OCH3 is 1. The van der Waals surface area contributed by atoms with Gasteiger partial charge in [0, 0.05) is 35.5 Å². The van der Waals surface area contributed by atoms with Gasteiger partial charge in [-0.2, -0.15) is 0 Å². The Kier molecular flexibility index (Phi) is 5.00. The molecule has 3 aromatic rings. The number of hydrogen-bond acceptors (Lipinski definition) is 1. The highest BCUT2D eigenvalue weighted by Gasteiger charge is 2.25. The minimum absolute atomic E-state index is 0.126. The highest BCUT2D eigenvalue weighted by molar-refractivity contribution is 6.08. The van der Waals surface area contributed by atoms with E-state index in [9.17, 15) is 0 Å². The molecule has 2 nitrogen and oxygen atoms in total. The fourth-order valence-corrected chi connectivity index (χ4v) is 4.26. The maximum atomic E-state index is 5.82. The Morgan fingerprint density at radius 1 is 1.11 bits per heavy atom. The Hall–Kier alpha value is -2.58. The predicted molar refractivity (Wildman–Crippen MR) is 115 cm³/mol. The van der Waals surface area contributed by atoms with Crippen LogP contribution >= 0.6 is 0 Å². The van der Waals surface area contributed by atoms with E-state index < -0.39 is 0 Å². The van der Waals surface area contributed by atoms with Gasteiger partial charge in [0.15, 0.2) is 0 Å². The summed E-state index contributed by atoms with van der Waals surface area (Å²) in [5.41, 5.74) is 3.83. The molecule has 1 aromatic heterocycles. The van der Waals surface area contributed by atoms with Gasteiger partial charge >= 0.3 is 0 Å². The lowest BCUT2D eigenvalue weighted by atomic mass is 9.88. The van der Waals surface area contributed by atoms with Crippen LogP contribution in [0.15, 0.2) is 79.4 Å². The van der Waals surface area contributed by atoms with Crippen molar-refractivity contribution in [3.63, 3.8) is 0 Å². The molecular formula is C25H27NO. The first-order valence-electron chi connectivity index (χ1n) is 9.77. The highest BCUT2D eigenvalue weighted by atomic mass is 16.5. The van der Waals surface area contributed by atoms with Crippen LogP contribution in [0.5, 0.6) is 0 Å². The lowest BCUT2D eigenvalue weighted by molar-refractivity contribution is 0.0250. The molecule has 138 valence electrons. The number of ether oxygens (including phenoxy) is 1. The predicted octanol–water partition coefficient (Wildman–Crippen LogP) is 6.20. The van der Waals surface area contributed by atoms with E-state index in [4.69, 9.17) is 4.74 Å². The molecule has 1 aliphatic carbocycles. The van der Waals surface area contributed by atoms with Gasteiger partial charge in [0.1, 0.15) is 0 Å². The summed E-state index contributed by atoms with van der Waals surface area (Å²) >= 11 is 0. The Labute approximate surface area is 161 Å². The lowest BCUT2D eigenvalue weighted by Crippen LogP contribution is -2.29. The van der Waals surface area contributed by atoms with Crippen molar-refractivity contribution in [3.05, 3.63) is 85.0 Å². The van der Waals surface area contributed by atoms with Gasteiger partial charge in [0.25, 0.3) is 0 Å². The van der Waals surface area contributed by atoms with Crippen LogP contribution in [0.4, 0.5) is 0 Å². The van der Waals surface area contributed by atoms with Gasteiger partial charge in [0.2, 0.25) is 0 Å². The molecule has 0 amide bonds. The van der Waals surface area contributed by atoms with Crippen LogP contribution in [0.3, 0.4) is 0 Å². The summed E-state index contributed by atoms with van der Waals surface area (Å²) in [5.74, 6) is 0. The zero-order chi connectivity index (χ0) is 18.7. The third kappa shape index (κ3) is 3.38. The quantitative estimate of drug-likeness (QED) is 0.459. The normalized spacial score (nSPS) is 19.1. The molecule has 0 spiro atoms. The summed E-state index contributed by atoms with van der Waals surface area (Å²) in [4.78, 5) is 0. The maximum absolute atomic E-state index is 5.82. The SMILES string of the molecule is C=CCn1c2ccccc2c2cc(CCCC3(OC)C=CC=CC3)ccc21. The van der Waals surface area contributed by atoms with Gasteiger partial charge in [-0.05, 0) is 49.4 Å². The van der Waals surface area contributed by atoms with Crippen LogP contribution in [0, 0.1) is 0 Å². The van der Waals surface area contributed by atoms with E-state index in [1.807, 2.05) is 13.2 Å². The number of hydrogen-bond donors (Lipinski definition) is 0. The molecule has 0 N–H and O–H groups in total.